The Kier molecular flexibility index (Phi) is 6.96. The Labute approximate surface area is 96.3 Å². The van der Waals surface area contributed by atoms with Crippen LogP contribution in [0.3, 0.4) is 0 Å². The van der Waals surface area contributed by atoms with E-state index in [1.165, 1.54) is 57.8 Å². The largest absolute Gasteiger partial charge is 0.0785 e. The maximum absolute atomic E-state index is 2.30. The molecule has 0 amide bonds. The van der Waals surface area contributed by atoms with Crippen molar-refractivity contribution in [3.05, 3.63) is 10.2 Å². The van der Waals surface area contributed by atoms with E-state index in [9.17, 15) is 0 Å². The molecule has 1 rings (SSSR count). The summed E-state index contributed by atoms with van der Waals surface area (Å²) in [6.45, 7) is 0. The Hall–Kier alpha value is 0.470. The van der Waals surface area contributed by atoms with Gasteiger partial charge in [-0.2, -0.15) is 0 Å². The van der Waals surface area contributed by atoms with Gasteiger partial charge in [-0.05, 0) is 22.8 Å². The van der Waals surface area contributed by atoms with Gasteiger partial charge in [-0.3, -0.25) is 0 Å². The van der Waals surface area contributed by atoms with Crippen LogP contribution in [0.2, 0.25) is 0 Å². The molecule has 1 saturated carbocycles. The molecule has 1 aliphatic rings. The summed E-state index contributed by atoms with van der Waals surface area (Å²) in [4.78, 5) is 0. The van der Waals surface area contributed by atoms with E-state index in [2.05, 4.69) is 32.7 Å². The van der Waals surface area contributed by atoms with Gasteiger partial charge < -0.3 is 0 Å². The van der Waals surface area contributed by atoms with E-state index in [0.717, 1.165) is 5.92 Å². The van der Waals surface area contributed by atoms with Gasteiger partial charge in [-0.15, -0.1) is 0 Å². The van der Waals surface area contributed by atoms with Gasteiger partial charge in [-0.25, -0.2) is 0 Å². The normalized spacial score (nSPS) is 19.8. The van der Waals surface area contributed by atoms with Crippen molar-refractivity contribution in [2.45, 2.75) is 57.8 Å². The molecule has 0 bridgehead atoms. The highest BCUT2D eigenvalue weighted by Crippen LogP contribution is 2.27. The number of unbranched alkanes of at least 4 members (excludes halogenated alkanes) is 2. The first kappa shape index (κ1) is 11.5. The van der Waals surface area contributed by atoms with Gasteiger partial charge in [-0.1, -0.05) is 73.6 Å². The zero-order chi connectivity index (χ0) is 9.36. The molecular formula is C12H21I. The molecule has 0 aromatic rings. The second kappa shape index (κ2) is 7.84. The van der Waals surface area contributed by atoms with Crippen molar-refractivity contribution in [1.82, 2.24) is 0 Å². The summed E-state index contributed by atoms with van der Waals surface area (Å²) in [5.41, 5.74) is 0. The summed E-state index contributed by atoms with van der Waals surface area (Å²) in [6.07, 6.45) is 15.4. The maximum Gasteiger partial charge on any atom is -0.0274 e. The van der Waals surface area contributed by atoms with E-state index in [-0.39, 0.29) is 0 Å². The molecule has 0 unspecified atom stereocenters. The van der Waals surface area contributed by atoms with Gasteiger partial charge in [0.15, 0.2) is 0 Å². The third kappa shape index (κ3) is 5.71. The summed E-state index contributed by atoms with van der Waals surface area (Å²) < 4.78 is 2.14. The monoisotopic (exact) mass is 292 g/mol. The molecule has 0 radical (unpaired) electrons. The Morgan fingerprint density at radius 3 is 2.54 bits per heavy atom. The lowest BCUT2D eigenvalue weighted by molar-refractivity contribution is 0.330. The molecule has 0 aliphatic heterocycles. The maximum atomic E-state index is 2.30. The van der Waals surface area contributed by atoms with Crippen molar-refractivity contribution in [3.8, 4) is 0 Å². The van der Waals surface area contributed by atoms with Crippen LogP contribution < -0.4 is 0 Å². The van der Waals surface area contributed by atoms with Crippen LogP contribution in [0.5, 0.6) is 0 Å². The van der Waals surface area contributed by atoms with Crippen molar-refractivity contribution < 1.29 is 0 Å². The van der Waals surface area contributed by atoms with Crippen molar-refractivity contribution in [1.29, 1.82) is 0 Å². The van der Waals surface area contributed by atoms with Crippen LogP contribution in [-0.4, -0.2) is 0 Å². The number of allylic oxidation sites excluding steroid dienone is 1. The van der Waals surface area contributed by atoms with Crippen LogP contribution in [0.25, 0.3) is 0 Å². The Bertz CT molecular complexity index is 134. The lowest BCUT2D eigenvalue weighted by Crippen LogP contribution is -2.05. The third-order valence-electron chi connectivity index (χ3n) is 3.05. The zero-order valence-electron chi connectivity index (χ0n) is 8.47. The summed E-state index contributed by atoms with van der Waals surface area (Å²) in [5, 5.41) is 0. The highest BCUT2D eigenvalue weighted by Gasteiger charge is 2.11. The molecule has 0 aromatic heterocycles. The van der Waals surface area contributed by atoms with Gasteiger partial charge in [0.1, 0.15) is 0 Å². The molecule has 0 spiro atoms. The molecule has 0 atom stereocenters. The summed E-state index contributed by atoms with van der Waals surface area (Å²) >= 11 is 2.30. The SMILES string of the molecule is I/C=C/CCCCC1CCCCC1. The van der Waals surface area contributed by atoms with Gasteiger partial charge >= 0.3 is 0 Å². The van der Waals surface area contributed by atoms with Crippen molar-refractivity contribution in [2.75, 3.05) is 0 Å². The summed E-state index contributed by atoms with van der Waals surface area (Å²) in [7, 11) is 0. The average Bonchev–Trinajstić information content (AvgIpc) is 2.19. The van der Waals surface area contributed by atoms with Crippen LogP contribution in [0, 0.1) is 5.92 Å². The highest BCUT2D eigenvalue weighted by atomic mass is 127. The standard InChI is InChI=1S/C12H21I/c13-11-7-2-1-4-8-12-9-5-3-6-10-12/h7,11-12H,1-6,8-10H2/b11-7+. The average molecular weight is 292 g/mol. The minimum absolute atomic E-state index is 1.08. The molecule has 0 nitrogen and oxygen atoms in total. The lowest BCUT2D eigenvalue weighted by Gasteiger charge is -2.20. The quantitative estimate of drug-likeness (QED) is 0.490. The molecule has 0 saturated heterocycles. The fraction of sp³-hybridized carbons (Fsp3) is 0.833. The molecule has 1 heteroatoms. The van der Waals surface area contributed by atoms with E-state index in [1.807, 2.05) is 0 Å². The molecule has 1 fully saturated rings. The van der Waals surface area contributed by atoms with Crippen LogP contribution in [0.4, 0.5) is 0 Å². The van der Waals surface area contributed by atoms with Gasteiger partial charge in [0.2, 0.25) is 0 Å². The van der Waals surface area contributed by atoms with Crippen molar-refractivity contribution >= 4 is 22.6 Å². The first-order valence-electron chi connectivity index (χ1n) is 5.68. The third-order valence-corrected chi connectivity index (χ3v) is 3.56. The Balaban J connectivity index is 1.92. The van der Waals surface area contributed by atoms with Gasteiger partial charge in [0, 0.05) is 0 Å². The van der Waals surface area contributed by atoms with Gasteiger partial charge in [0.25, 0.3) is 0 Å². The van der Waals surface area contributed by atoms with E-state index in [4.69, 9.17) is 0 Å². The molecule has 0 N–H and O–H groups in total. The number of halogens is 1. The van der Waals surface area contributed by atoms with E-state index < -0.39 is 0 Å². The van der Waals surface area contributed by atoms with E-state index in [0.29, 0.717) is 0 Å². The first-order valence-corrected chi connectivity index (χ1v) is 6.93. The van der Waals surface area contributed by atoms with Crippen LogP contribution in [0.1, 0.15) is 57.8 Å². The molecule has 0 aromatic carbocycles. The van der Waals surface area contributed by atoms with Gasteiger partial charge in [0.05, 0.1) is 0 Å². The molecular weight excluding hydrogens is 271 g/mol. The topological polar surface area (TPSA) is 0 Å². The minimum atomic E-state index is 1.08. The molecule has 76 valence electrons. The highest BCUT2D eigenvalue weighted by molar-refractivity contribution is 14.1. The fourth-order valence-electron chi connectivity index (χ4n) is 2.23. The molecule has 13 heavy (non-hydrogen) atoms. The minimum Gasteiger partial charge on any atom is -0.0785 e. The summed E-state index contributed by atoms with van der Waals surface area (Å²) in [5.74, 6) is 1.08. The zero-order valence-corrected chi connectivity index (χ0v) is 10.6. The second-order valence-electron chi connectivity index (χ2n) is 4.15. The van der Waals surface area contributed by atoms with E-state index >= 15 is 0 Å². The Morgan fingerprint density at radius 2 is 1.85 bits per heavy atom. The molecule has 0 heterocycles. The Morgan fingerprint density at radius 1 is 1.08 bits per heavy atom. The first-order chi connectivity index (χ1) is 6.43. The number of hydrogen-bond donors (Lipinski definition) is 0. The predicted molar refractivity (Wildman–Crippen MR) is 68.2 cm³/mol. The van der Waals surface area contributed by atoms with Crippen molar-refractivity contribution in [2.24, 2.45) is 5.92 Å². The molecule has 1 aliphatic carbocycles. The van der Waals surface area contributed by atoms with Crippen molar-refractivity contribution in [3.63, 3.8) is 0 Å². The van der Waals surface area contributed by atoms with Crippen LogP contribution >= 0.6 is 22.6 Å². The number of rotatable bonds is 5. The van der Waals surface area contributed by atoms with Crippen LogP contribution in [-0.2, 0) is 0 Å². The van der Waals surface area contributed by atoms with Crippen LogP contribution in [0.15, 0.2) is 10.2 Å². The lowest BCUT2D eigenvalue weighted by atomic mass is 9.86. The summed E-state index contributed by atoms with van der Waals surface area (Å²) in [6, 6.07) is 0. The predicted octanol–water partition coefficient (Wildman–Crippen LogP) is 5.08. The second-order valence-corrected chi connectivity index (χ2v) is 4.87. The smallest absolute Gasteiger partial charge is 0.0274 e. The fourth-order valence-corrected chi connectivity index (χ4v) is 2.59. The number of hydrogen-bond acceptors (Lipinski definition) is 0. The van der Waals surface area contributed by atoms with E-state index in [1.54, 1.807) is 0 Å².